The molecule has 0 bridgehead atoms. The minimum atomic E-state index is -0.716. The zero-order valence-electron chi connectivity index (χ0n) is 15.7. The predicted octanol–water partition coefficient (Wildman–Crippen LogP) is 2.24. The smallest absolute Gasteiger partial charge is 0.359 e. The number of esters is 2. The van der Waals surface area contributed by atoms with E-state index in [2.05, 4.69) is 9.97 Å². The summed E-state index contributed by atoms with van der Waals surface area (Å²) in [5, 5.41) is 0. The van der Waals surface area contributed by atoms with Crippen LogP contribution in [0.4, 0.5) is 0 Å². The number of imidazole rings is 1. The number of H-pyrrole nitrogens is 1. The molecule has 0 aliphatic rings. The average molecular weight is 371 g/mol. The third kappa shape index (κ3) is 3.69. The number of nitrogens with one attached hydrogen (secondary N) is 1. The van der Waals surface area contributed by atoms with Crippen molar-refractivity contribution >= 4 is 28.5 Å². The number of nitrogens with zero attached hydrogens (tertiary/aromatic N) is 2. The molecule has 2 heterocycles. The van der Waals surface area contributed by atoms with Gasteiger partial charge in [0.15, 0.2) is 5.69 Å². The first-order valence-corrected chi connectivity index (χ1v) is 8.62. The van der Waals surface area contributed by atoms with Gasteiger partial charge in [0.05, 0.1) is 17.6 Å². The predicted molar refractivity (Wildman–Crippen MR) is 98.8 cm³/mol. The maximum Gasteiger partial charge on any atom is 0.359 e. The molecular formula is C19H21N3O5. The van der Waals surface area contributed by atoms with Crippen LogP contribution in [0.3, 0.4) is 0 Å². The number of rotatable bonds is 4. The lowest BCUT2D eigenvalue weighted by Crippen LogP contribution is -2.25. The standard InChI is InChI=1S/C19H21N3O5/c1-5-26-18(25)15-16-17(24)20-11-8-6-7-9-12(11)22(16)13(21-15)10-14(23)27-19(2,3)4/h6-9H,5,10H2,1-4H3,(H,20,24). The number of aromatic nitrogens is 3. The van der Waals surface area contributed by atoms with E-state index >= 15 is 0 Å². The summed E-state index contributed by atoms with van der Waals surface area (Å²) in [4.78, 5) is 44.2. The Bertz CT molecular complexity index is 1090. The molecule has 0 amide bonds. The average Bonchev–Trinajstić information content (AvgIpc) is 2.93. The van der Waals surface area contributed by atoms with Gasteiger partial charge < -0.3 is 14.5 Å². The molecule has 8 heteroatoms. The number of carbonyl (C=O) groups is 2. The van der Waals surface area contributed by atoms with E-state index in [-0.39, 0.29) is 30.1 Å². The first kappa shape index (κ1) is 18.6. The monoisotopic (exact) mass is 371 g/mol. The molecule has 0 spiro atoms. The van der Waals surface area contributed by atoms with Gasteiger partial charge in [-0.05, 0) is 39.8 Å². The maximum atomic E-state index is 12.6. The molecule has 1 aromatic carbocycles. The van der Waals surface area contributed by atoms with Gasteiger partial charge in [0.25, 0.3) is 5.56 Å². The summed E-state index contributed by atoms with van der Waals surface area (Å²) >= 11 is 0. The Balaban J connectivity index is 2.24. The molecule has 0 aliphatic heterocycles. The van der Waals surface area contributed by atoms with Crippen LogP contribution in [0.1, 0.15) is 44.0 Å². The van der Waals surface area contributed by atoms with Gasteiger partial charge in [-0.2, -0.15) is 0 Å². The maximum absolute atomic E-state index is 12.6. The molecule has 0 unspecified atom stereocenters. The van der Waals surface area contributed by atoms with Crippen LogP contribution >= 0.6 is 0 Å². The van der Waals surface area contributed by atoms with E-state index in [9.17, 15) is 14.4 Å². The highest BCUT2D eigenvalue weighted by Gasteiger charge is 2.25. The van der Waals surface area contributed by atoms with Gasteiger partial charge in [-0.15, -0.1) is 0 Å². The summed E-state index contributed by atoms with van der Waals surface area (Å²) in [6, 6.07) is 7.08. The summed E-state index contributed by atoms with van der Waals surface area (Å²) < 4.78 is 11.9. The minimum Gasteiger partial charge on any atom is -0.461 e. The summed E-state index contributed by atoms with van der Waals surface area (Å²) in [7, 11) is 0. The molecule has 27 heavy (non-hydrogen) atoms. The lowest BCUT2D eigenvalue weighted by Gasteiger charge is -2.19. The first-order chi connectivity index (χ1) is 12.7. The van der Waals surface area contributed by atoms with Crippen LogP contribution < -0.4 is 5.56 Å². The molecular weight excluding hydrogens is 350 g/mol. The van der Waals surface area contributed by atoms with E-state index in [1.54, 1.807) is 52.0 Å². The van der Waals surface area contributed by atoms with E-state index in [4.69, 9.17) is 9.47 Å². The molecule has 2 aromatic heterocycles. The summed E-state index contributed by atoms with van der Waals surface area (Å²) in [5.41, 5.74) is -0.0389. The van der Waals surface area contributed by atoms with Gasteiger partial charge in [0, 0.05) is 0 Å². The Morgan fingerprint density at radius 1 is 1.22 bits per heavy atom. The second kappa shape index (κ2) is 6.86. The van der Waals surface area contributed by atoms with E-state index in [0.717, 1.165) is 0 Å². The Hall–Kier alpha value is -3.16. The second-order valence-corrected chi connectivity index (χ2v) is 7.02. The van der Waals surface area contributed by atoms with E-state index in [0.29, 0.717) is 11.0 Å². The van der Waals surface area contributed by atoms with Gasteiger partial charge in [0.2, 0.25) is 0 Å². The number of fused-ring (bicyclic) bond motifs is 3. The van der Waals surface area contributed by atoms with Crippen LogP contribution in [0.5, 0.6) is 0 Å². The second-order valence-electron chi connectivity index (χ2n) is 7.02. The molecule has 3 aromatic rings. The molecule has 0 atom stereocenters. The Labute approximate surface area is 155 Å². The van der Waals surface area contributed by atoms with E-state index in [1.807, 2.05) is 0 Å². The number of hydrogen-bond acceptors (Lipinski definition) is 6. The van der Waals surface area contributed by atoms with E-state index in [1.165, 1.54) is 4.40 Å². The topological polar surface area (TPSA) is 103 Å². The lowest BCUT2D eigenvalue weighted by atomic mass is 10.2. The largest absolute Gasteiger partial charge is 0.461 e. The molecule has 142 valence electrons. The summed E-state index contributed by atoms with van der Waals surface area (Å²) in [6.45, 7) is 7.10. The number of para-hydroxylation sites is 2. The lowest BCUT2D eigenvalue weighted by molar-refractivity contribution is -0.154. The quantitative estimate of drug-likeness (QED) is 0.706. The first-order valence-electron chi connectivity index (χ1n) is 8.62. The molecule has 0 fully saturated rings. The Morgan fingerprint density at radius 2 is 1.93 bits per heavy atom. The van der Waals surface area contributed by atoms with Crippen molar-refractivity contribution in [2.24, 2.45) is 0 Å². The van der Waals surface area contributed by atoms with Crippen LogP contribution in [0.15, 0.2) is 29.1 Å². The van der Waals surface area contributed by atoms with Crippen molar-refractivity contribution < 1.29 is 19.1 Å². The van der Waals surface area contributed by atoms with E-state index < -0.39 is 23.1 Å². The zero-order valence-corrected chi connectivity index (χ0v) is 15.7. The van der Waals surface area contributed by atoms with Gasteiger partial charge in [-0.1, -0.05) is 12.1 Å². The number of ether oxygens (including phenoxy) is 2. The van der Waals surface area contributed by atoms with Crippen LogP contribution in [0, 0.1) is 0 Å². The fourth-order valence-electron chi connectivity index (χ4n) is 2.86. The number of benzene rings is 1. The fourth-order valence-corrected chi connectivity index (χ4v) is 2.86. The highest BCUT2D eigenvalue weighted by molar-refractivity contribution is 5.96. The molecule has 0 saturated carbocycles. The zero-order chi connectivity index (χ0) is 19.8. The van der Waals surface area contributed by atoms with Gasteiger partial charge in [0.1, 0.15) is 23.4 Å². The summed E-state index contributed by atoms with van der Waals surface area (Å²) in [6.07, 6.45) is -0.189. The highest BCUT2D eigenvalue weighted by atomic mass is 16.6. The van der Waals surface area contributed by atoms with Crippen molar-refractivity contribution in [3.05, 3.63) is 46.1 Å². The summed E-state index contributed by atoms with van der Waals surface area (Å²) in [5.74, 6) is -0.981. The van der Waals surface area contributed by atoms with Gasteiger partial charge >= 0.3 is 11.9 Å². The normalized spacial score (nSPS) is 11.7. The van der Waals surface area contributed by atoms with Crippen molar-refractivity contribution in [3.63, 3.8) is 0 Å². The van der Waals surface area contributed by atoms with Crippen molar-refractivity contribution in [1.82, 2.24) is 14.4 Å². The molecule has 0 aliphatic carbocycles. The van der Waals surface area contributed by atoms with Crippen LogP contribution in [0.25, 0.3) is 16.6 Å². The molecule has 0 radical (unpaired) electrons. The molecule has 0 saturated heterocycles. The van der Waals surface area contributed by atoms with Crippen molar-refractivity contribution in [3.8, 4) is 0 Å². The van der Waals surface area contributed by atoms with Crippen molar-refractivity contribution in [2.75, 3.05) is 6.61 Å². The van der Waals surface area contributed by atoms with Gasteiger partial charge in [-0.25, -0.2) is 9.78 Å². The fraction of sp³-hybridized carbons (Fsp3) is 0.368. The third-order valence-electron chi connectivity index (χ3n) is 3.75. The van der Waals surface area contributed by atoms with Crippen LogP contribution in [0.2, 0.25) is 0 Å². The van der Waals surface area contributed by atoms with Crippen LogP contribution in [-0.4, -0.2) is 38.5 Å². The number of hydrogen-bond donors (Lipinski definition) is 1. The van der Waals surface area contributed by atoms with Gasteiger partial charge in [-0.3, -0.25) is 14.0 Å². The molecule has 3 rings (SSSR count). The minimum absolute atomic E-state index is 0.0470. The number of aromatic amines is 1. The van der Waals surface area contributed by atoms with Crippen LogP contribution in [-0.2, 0) is 20.7 Å². The molecule has 8 nitrogen and oxygen atoms in total. The van der Waals surface area contributed by atoms with Crippen molar-refractivity contribution in [2.45, 2.75) is 39.7 Å². The highest BCUT2D eigenvalue weighted by Crippen LogP contribution is 2.19. The van der Waals surface area contributed by atoms with Crippen molar-refractivity contribution in [1.29, 1.82) is 0 Å². The molecule has 1 N–H and O–H groups in total. The number of carbonyl (C=O) groups excluding carboxylic acids is 2. The Morgan fingerprint density at radius 3 is 2.59 bits per heavy atom. The third-order valence-corrected chi connectivity index (χ3v) is 3.75. The Kier molecular flexibility index (Phi) is 4.73. The SMILES string of the molecule is CCOC(=O)c1nc(CC(=O)OC(C)(C)C)n2c1c(=O)[nH]c1ccccc12.